The molecular formula is C30H24N2O4S2. The summed E-state index contributed by atoms with van der Waals surface area (Å²) in [6.07, 6.45) is 1.66. The molecule has 4 aromatic rings. The number of benzene rings is 4. The first kappa shape index (κ1) is 25.5. The summed E-state index contributed by atoms with van der Waals surface area (Å²) >= 11 is 1.27. The number of amidine groups is 1. The van der Waals surface area contributed by atoms with Crippen LogP contribution in [0.3, 0.4) is 0 Å². The molecule has 8 heteroatoms. The summed E-state index contributed by atoms with van der Waals surface area (Å²) in [5.41, 5.74) is 2.50. The minimum atomic E-state index is -4.04. The normalized spacial score (nSPS) is 15.8. The molecule has 6 nitrogen and oxygen atoms in total. The van der Waals surface area contributed by atoms with Crippen LogP contribution in [-0.2, 0) is 28.0 Å². The van der Waals surface area contributed by atoms with Crippen molar-refractivity contribution in [3.8, 4) is 5.75 Å². The lowest BCUT2D eigenvalue weighted by Crippen LogP contribution is -2.28. The molecule has 1 fully saturated rings. The van der Waals surface area contributed by atoms with Gasteiger partial charge in [-0.2, -0.15) is 8.42 Å². The van der Waals surface area contributed by atoms with Crippen LogP contribution in [0.15, 0.2) is 130 Å². The SMILES string of the molecule is O=C1/C(=C\c2ccccc2OS(=O)(=O)c2ccccc2)SC(=NCc2ccccc2)N1Cc1ccccc1. The second-order valence-electron chi connectivity index (χ2n) is 8.46. The number of amides is 1. The van der Waals surface area contributed by atoms with Crippen LogP contribution in [0.5, 0.6) is 5.75 Å². The molecule has 0 N–H and O–H groups in total. The highest BCUT2D eigenvalue weighted by Crippen LogP contribution is 2.36. The molecule has 0 spiro atoms. The molecule has 0 radical (unpaired) electrons. The number of hydrogen-bond donors (Lipinski definition) is 0. The monoisotopic (exact) mass is 540 g/mol. The first-order valence-corrected chi connectivity index (χ1v) is 14.1. The number of hydrogen-bond acceptors (Lipinski definition) is 6. The molecule has 1 saturated heterocycles. The van der Waals surface area contributed by atoms with Crippen LogP contribution in [0.2, 0.25) is 0 Å². The third-order valence-electron chi connectivity index (χ3n) is 5.75. The molecule has 1 aliphatic heterocycles. The summed E-state index contributed by atoms with van der Waals surface area (Å²) < 4.78 is 31.2. The molecule has 1 aliphatic rings. The Labute approximate surface area is 226 Å². The highest BCUT2D eigenvalue weighted by molar-refractivity contribution is 8.18. The lowest BCUT2D eigenvalue weighted by Gasteiger charge is -2.15. The Bertz CT molecular complexity index is 1590. The zero-order valence-corrected chi connectivity index (χ0v) is 21.9. The largest absolute Gasteiger partial charge is 0.378 e. The van der Waals surface area contributed by atoms with Crippen molar-refractivity contribution < 1.29 is 17.4 Å². The smallest absolute Gasteiger partial charge is 0.339 e. The van der Waals surface area contributed by atoms with Crippen molar-refractivity contribution in [1.82, 2.24) is 4.90 Å². The Hall–Kier alpha value is -4.14. The van der Waals surface area contributed by atoms with Gasteiger partial charge in [0.15, 0.2) is 5.17 Å². The predicted molar refractivity (Wildman–Crippen MR) is 151 cm³/mol. The van der Waals surface area contributed by atoms with E-state index in [4.69, 9.17) is 9.18 Å². The second kappa shape index (κ2) is 11.5. The Morgan fingerprint density at radius 3 is 2.03 bits per heavy atom. The zero-order valence-electron chi connectivity index (χ0n) is 20.3. The molecule has 38 heavy (non-hydrogen) atoms. The molecular weight excluding hydrogens is 516 g/mol. The topological polar surface area (TPSA) is 76.0 Å². The zero-order chi connectivity index (χ0) is 26.4. The summed E-state index contributed by atoms with van der Waals surface area (Å²) in [6, 6.07) is 34.3. The van der Waals surface area contributed by atoms with E-state index in [9.17, 15) is 13.2 Å². The number of para-hydroxylation sites is 1. The fraction of sp³-hybridized carbons (Fsp3) is 0.0667. The third-order valence-corrected chi connectivity index (χ3v) is 8.04. The highest BCUT2D eigenvalue weighted by atomic mass is 32.2. The number of nitrogens with zero attached hydrogens (tertiary/aromatic N) is 2. The fourth-order valence-corrected chi connectivity index (χ4v) is 5.79. The van der Waals surface area contributed by atoms with Gasteiger partial charge >= 0.3 is 10.1 Å². The van der Waals surface area contributed by atoms with Crippen LogP contribution in [0.4, 0.5) is 0 Å². The predicted octanol–water partition coefficient (Wildman–Crippen LogP) is 6.13. The Morgan fingerprint density at radius 1 is 0.763 bits per heavy atom. The maximum atomic E-state index is 13.6. The van der Waals surface area contributed by atoms with Crippen LogP contribution >= 0.6 is 11.8 Å². The first-order chi connectivity index (χ1) is 18.5. The van der Waals surface area contributed by atoms with Gasteiger partial charge in [-0.25, -0.2) is 0 Å². The van der Waals surface area contributed by atoms with Gasteiger partial charge in [0.05, 0.1) is 18.0 Å². The van der Waals surface area contributed by atoms with E-state index in [-0.39, 0.29) is 16.6 Å². The van der Waals surface area contributed by atoms with Crippen molar-refractivity contribution in [2.75, 3.05) is 0 Å². The standard InChI is InChI=1S/C30H24N2O4S2/c33-29-28(20-25-16-10-11-19-27(25)36-38(34,35)26-17-8-3-9-18-26)37-30(31-21-23-12-4-1-5-13-23)32(29)22-24-14-6-2-7-15-24/h1-20H,21-22H2/b28-20+,31-30?. The van der Waals surface area contributed by atoms with Gasteiger partial charge in [-0.3, -0.25) is 14.7 Å². The molecule has 190 valence electrons. The summed E-state index contributed by atoms with van der Waals surface area (Å²) in [6.45, 7) is 0.808. The molecule has 1 heterocycles. The van der Waals surface area contributed by atoms with Crippen molar-refractivity contribution in [3.63, 3.8) is 0 Å². The van der Waals surface area contributed by atoms with Gasteiger partial charge in [0.1, 0.15) is 10.6 Å². The molecule has 4 aromatic carbocycles. The minimum absolute atomic E-state index is 0.0538. The number of carbonyl (C=O) groups excluding carboxylic acids is 1. The van der Waals surface area contributed by atoms with Gasteiger partial charge in [0.2, 0.25) is 0 Å². The van der Waals surface area contributed by atoms with Crippen LogP contribution < -0.4 is 4.18 Å². The fourth-order valence-electron chi connectivity index (χ4n) is 3.84. The van der Waals surface area contributed by atoms with Crippen LogP contribution in [0.1, 0.15) is 16.7 Å². The molecule has 5 rings (SSSR count). The van der Waals surface area contributed by atoms with Crippen molar-refractivity contribution >= 4 is 39.0 Å². The quantitative estimate of drug-likeness (QED) is 0.199. The number of carbonyl (C=O) groups is 1. The van der Waals surface area contributed by atoms with E-state index in [1.807, 2.05) is 60.7 Å². The molecule has 0 atom stereocenters. The Kier molecular flexibility index (Phi) is 7.72. The van der Waals surface area contributed by atoms with Crippen molar-refractivity contribution in [3.05, 3.63) is 137 Å². The van der Waals surface area contributed by atoms with E-state index in [1.165, 1.54) is 23.9 Å². The molecule has 0 aromatic heterocycles. The van der Waals surface area contributed by atoms with Crippen LogP contribution in [0, 0.1) is 0 Å². The summed E-state index contributed by atoms with van der Waals surface area (Å²) in [5.74, 6) is -0.0621. The van der Waals surface area contributed by atoms with E-state index >= 15 is 0 Å². The minimum Gasteiger partial charge on any atom is -0.378 e. The molecule has 0 bridgehead atoms. The van der Waals surface area contributed by atoms with Gasteiger partial charge in [0.25, 0.3) is 5.91 Å². The number of rotatable bonds is 8. The summed E-state index contributed by atoms with van der Waals surface area (Å²) in [7, 11) is -4.04. The van der Waals surface area contributed by atoms with Crippen LogP contribution in [-0.4, -0.2) is 24.4 Å². The van der Waals surface area contributed by atoms with E-state index in [1.54, 1.807) is 53.4 Å². The maximum Gasteiger partial charge on any atom is 0.339 e. The van der Waals surface area contributed by atoms with E-state index in [0.29, 0.717) is 28.7 Å². The third kappa shape index (κ3) is 6.04. The van der Waals surface area contributed by atoms with Gasteiger partial charge in [-0.05, 0) is 47.2 Å². The number of thioether (sulfide) groups is 1. The molecule has 1 amide bonds. The molecule has 0 aliphatic carbocycles. The van der Waals surface area contributed by atoms with Gasteiger partial charge in [-0.15, -0.1) is 0 Å². The van der Waals surface area contributed by atoms with Gasteiger partial charge in [0, 0.05) is 5.56 Å². The van der Waals surface area contributed by atoms with E-state index in [0.717, 1.165) is 11.1 Å². The molecule has 0 unspecified atom stereocenters. The molecule has 0 saturated carbocycles. The van der Waals surface area contributed by atoms with Crippen molar-refractivity contribution in [1.29, 1.82) is 0 Å². The average Bonchev–Trinajstić information content (AvgIpc) is 3.23. The lowest BCUT2D eigenvalue weighted by atomic mass is 10.2. The maximum absolute atomic E-state index is 13.6. The number of aliphatic imine (C=N–C) groups is 1. The summed E-state index contributed by atoms with van der Waals surface area (Å²) in [4.78, 5) is 20.4. The Morgan fingerprint density at radius 2 is 1.34 bits per heavy atom. The average molecular weight is 541 g/mol. The highest BCUT2D eigenvalue weighted by Gasteiger charge is 2.33. The van der Waals surface area contributed by atoms with Gasteiger partial charge in [-0.1, -0.05) is 97.1 Å². The van der Waals surface area contributed by atoms with Gasteiger partial charge < -0.3 is 4.18 Å². The lowest BCUT2D eigenvalue weighted by molar-refractivity contribution is -0.122. The second-order valence-corrected chi connectivity index (χ2v) is 11.0. The van der Waals surface area contributed by atoms with Crippen molar-refractivity contribution in [2.24, 2.45) is 4.99 Å². The Balaban J connectivity index is 1.46. The van der Waals surface area contributed by atoms with E-state index in [2.05, 4.69) is 0 Å². The summed E-state index contributed by atoms with van der Waals surface area (Å²) in [5, 5.41) is 0.587. The van der Waals surface area contributed by atoms with E-state index < -0.39 is 10.1 Å². The van der Waals surface area contributed by atoms with Crippen molar-refractivity contribution in [2.45, 2.75) is 18.0 Å². The van der Waals surface area contributed by atoms with Crippen LogP contribution in [0.25, 0.3) is 6.08 Å². The first-order valence-electron chi connectivity index (χ1n) is 11.9.